The van der Waals surface area contributed by atoms with E-state index in [1.165, 1.54) is 6.92 Å². The summed E-state index contributed by atoms with van der Waals surface area (Å²) >= 11 is 5.00. The lowest BCUT2D eigenvalue weighted by Crippen LogP contribution is -2.15. The average molecular weight is 311 g/mol. The summed E-state index contributed by atoms with van der Waals surface area (Å²) in [4.78, 5) is 10.8. The third kappa shape index (κ3) is 3.51. The number of carboxylic acids is 1. The minimum absolute atomic E-state index is 0.0668. The van der Waals surface area contributed by atoms with Crippen molar-refractivity contribution in [1.82, 2.24) is 0 Å². The van der Waals surface area contributed by atoms with Crippen LogP contribution < -0.4 is 0 Å². The Morgan fingerprint density at radius 3 is 2.47 bits per heavy atom. The van der Waals surface area contributed by atoms with E-state index in [1.54, 1.807) is 6.92 Å². The van der Waals surface area contributed by atoms with Crippen LogP contribution in [0.2, 0.25) is 0 Å². The Labute approximate surface area is 117 Å². The molecule has 0 fully saturated rings. The Balaban J connectivity index is 3.55. The maximum absolute atomic E-state index is 13.3. The second kappa shape index (κ2) is 5.96. The van der Waals surface area contributed by atoms with Gasteiger partial charge in [0, 0.05) is 5.75 Å². The first-order valence-corrected chi connectivity index (χ1v) is 7.22. The molecule has 1 N–H and O–H groups in total. The molecule has 0 unspecified atom stereocenters. The number of benzene rings is 1. The van der Waals surface area contributed by atoms with E-state index in [-0.39, 0.29) is 21.8 Å². The predicted octanol–water partition coefficient (Wildman–Crippen LogP) is 3.50. The van der Waals surface area contributed by atoms with Crippen molar-refractivity contribution in [3.8, 4) is 0 Å². The summed E-state index contributed by atoms with van der Waals surface area (Å²) in [6.45, 7) is 3.12. The molecule has 0 saturated carbocycles. The van der Waals surface area contributed by atoms with Crippen LogP contribution in [0.5, 0.6) is 0 Å². The molecular weight excluding hydrogens is 298 g/mol. The third-order valence-corrected chi connectivity index (χ3v) is 4.52. The number of carboxylic acid groups (broad SMARTS) is 1. The molecule has 0 aliphatic carbocycles. The van der Waals surface area contributed by atoms with Crippen molar-refractivity contribution in [2.75, 3.05) is 5.75 Å². The van der Waals surface area contributed by atoms with Gasteiger partial charge in [-0.25, -0.2) is 4.79 Å². The molecule has 0 bridgehead atoms. The maximum atomic E-state index is 13.3. The number of aromatic carboxylic acids is 1. The molecule has 3 nitrogen and oxygen atoms in total. The molecule has 0 aliphatic rings. The zero-order chi connectivity index (χ0) is 14.8. The Bertz CT molecular complexity index is 526. The largest absolute Gasteiger partial charge is 0.478 e. The molecule has 0 heterocycles. The molecule has 106 valence electrons. The Kier molecular flexibility index (Phi) is 5.04. The van der Waals surface area contributed by atoms with Gasteiger partial charge in [-0.2, -0.15) is 8.78 Å². The summed E-state index contributed by atoms with van der Waals surface area (Å²) in [5, 5.41) is 5.30. The number of alkyl halides is 3. The zero-order valence-corrected chi connectivity index (χ0v) is 11.9. The standard InChI is InChI=1S/C12H13ClF2O3S/c1-3-6-19(18)10-7(2)8(11(16)17)4-5-9(10)12(13,14)15/h4-5H,3,6H2,1-2H3,(H,16,17)/t19-/m1/s1. The minimum atomic E-state index is -3.68. The molecule has 1 aromatic carbocycles. The van der Waals surface area contributed by atoms with Crippen LogP contribution in [0, 0.1) is 6.92 Å². The molecule has 19 heavy (non-hydrogen) atoms. The van der Waals surface area contributed by atoms with E-state index < -0.39 is 27.7 Å². The summed E-state index contributed by atoms with van der Waals surface area (Å²) in [5.74, 6) is -1.08. The Morgan fingerprint density at radius 1 is 1.47 bits per heavy atom. The zero-order valence-electron chi connectivity index (χ0n) is 10.4. The van der Waals surface area contributed by atoms with Crippen molar-refractivity contribution >= 4 is 28.4 Å². The predicted molar refractivity (Wildman–Crippen MR) is 69.5 cm³/mol. The van der Waals surface area contributed by atoms with E-state index in [9.17, 15) is 17.8 Å². The van der Waals surface area contributed by atoms with Gasteiger partial charge in [-0.15, -0.1) is 0 Å². The number of hydrogen-bond donors (Lipinski definition) is 1. The molecule has 0 aromatic heterocycles. The van der Waals surface area contributed by atoms with Gasteiger partial charge in [0.2, 0.25) is 0 Å². The fourth-order valence-corrected chi connectivity index (χ4v) is 3.41. The second-order valence-electron chi connectivity index (χ2n) is 3.97. The van der Waals surface area contributed by atoms with Crippen LogP contribution >= 0.6 is 11.6 Å². The van der Waals surface area contributed by atoms with E-state index >= 15 is 0 Å². The van der Waals surface area contributed by atoms with Crippen LogP contribution in [0.3, 0.4) is 0 Å². The van der Waals surface area contributed by atoms with Crippen LogP contribution in [0.4, 0.5) is 8.78 Å². The van der Waals surface area contributed by atoms with Gasteiger partial charge < -0.3 is 5.11 Å². The Morgan fingerprint density at radius 2 is 2.05 bits per heavy atom. The number of carbonyl (C=O) groups is 1. The fourth-order valence-electron chi connectivity index (χ4n) is 1.73. The van der Waals surface area contributed by atoms with Crippen LogP contribution in [0.1, 0.15) is 34.8 Å². The normalized spacial score (nSPS) is 13.3. The average Bonchev–Trinajstić information content (AvgIpc) is 2.26. The summed E-state index contributed by atoms with van der Waals surface area (Å²) in [6.07, 6.45) is 0.524. The molecule has 1 atom stereocenters. The van der Waals surface area contributed by atoms with Gasteiger partial charge in [0.15, 0.2) is 0 Å². The molecule has 1 rings (SSSR count). The molecule has 7 heteroatoms. The summed E-state index contributed by atoms with van der Waals surface area (Å²) in [7, 11) is -1.71. The quantitative estimate of drug-likeness (QED) is 0.847. The third-order valence-electron chi connectivity index (χ3n) is 2.56. The summed E-state index contributed by atoms with van der Waals surface area (Å²) < 4.78 is 38.7. The fraction of sp³-hybridized carbons (Fsp3) is 0.417. The van der Waals surface area contributed by atoms with Gasteiger partial charge in [0.25, 0.3) is 0 Å². The van der Waals surface area contributed by atoms with E-state index in [2.05, 4.69) is 0 Å². The highest BCUT2D eigenvalue weighted by Gasteiger charge is 2.34. The molecule has 0 spiro atoms. The van der Waals surface area contributed by atoms with Crippen molar-refractivity contribution in [3.63, 3.8) is 0 Å². The summed E-state index contributed by atoms with van der Waals surface area (Å²) in [5.41, 5.74) is -0.676. The van der Waals surface area contributed by atoms with Gasteiger partial charge in [-0.1, -0.05) is 6.92 Å². The van der Waals surface area contributed by atoms with Crippen molar-refractivity contribution in [3.05, 3.63) is 28.8 Å². The smallest absolute Gasteiger partial charge is 0.349 e. The lowest BCUT2D eigenvalue weighted by atomic mass is 10.1. The lowest BCUT2D eigenvalue weighted by Gasteiger charge is -2.17. The molecule has 0 saturated heterocycles. The minimum Gasteiger partial charge on any atom is -0.478 e. The number of rotatable bonds is 5. The van der Waals surface area contributed by atoms with Gasteiger partial charge in [-0.05, 0) is 42.6 Å². The topological polar surface area (TPSA) is 54.4 Å². The molecular formula is C12H13ClF2O3S. The SMILES string of the molecule is CCC[S@@](=O)c1c(C(F)(F)Cl)ccc(C(=O)O)c1C. The monoisotopic (exact) mass is 310 g/mol. The highest BCUT2D eigenvalue weighted by atomic mass is 35.5. The van der Waals surface area contributed by atoms with Gasteiger partial charge >= 0.3 is 11.4 Å². The van der Waals surface area contributed by atoms with E-state index in [4.69, 9.17) is 16.7 Å². The highest BCUT2D eigenvalue weighted by molar-refractivity contribution is 7.85. The molecule has 0 radical (unpaired) electrons. The van der Waals surface area contributed by atoms with Gasteiger partial charge in [0.1, 0.15) is 0 Å². The molecule has 1 aromatic rings. The maximum Gasteiger partial charge on any atom is 0.349 e. The second-order valence-corrected chi connectivity index (χ2v) is 5.95. The Hall–Kier alpha value is -1.01. The first kappa shape index (κ1) is 16.0. The van der Waals surface area contributed by atoms with E-state index in [0.717, 1.165) is 12.1 Å². The van der Waals surface area contributed by atoms with Crippen LogP contribution in [-0.4, -0.2) is 21.0 Å². The van der Waals surface area contributed by atoms with E-state index in [1.807, 2.05) is 0 Å². The van der Waals surface area contributed by atoms with Crippen molar-refractivity contribution in [1.29, 1.82) is 0 Å². The molecule has 0 aliphatic heterocycles. The van der Waals surface area contributed by atoms with E-state index in [0.29, 0.717) is 6.42 Å². The first-order valence-electron chi connectivity index (χ1n) is 5.52. The van der Waals surface area contributed by atoms with Gasteiger partial charge in [-0.3, -0.25) is 4.21 Å². The van der Waals surface area contributed by atoms with Crippen molar-refractivity contribution in [2.45, 2.75) is 30.5 Å². The highest BCUT2D eigenvalue weighted by Crippen LogP contribution is 2.38. The van der Waals surface area contributed by atoms with Crippen LogP contribution in [0.15, 0.2) is 17.0 Å². The summed E-state index contributed by atoms with van der Waals surface area (Å²) in [6, 6.07) is 1.97. The first-order chi connectivity index (χ1) is 8.70. The number of halogens is 3. The lowest BCUT2D eigenvalue weighted by molar-refractivity contribution is 0.0693. The van der Waals surface area contributed by atoms with Crippen LogP contribution in [0.25, 0.3) is 0 Å². The van der Waals surface area contributed by atoms with Crippen molar-refractivity contribution < 1.29 is 22.9 Å². The number of hydrogen-bond acceptors (Lipinski definition) is 2. The van der Waals surface area contributed by atoms with Gasteiger partial charge in [0.05, 0.1) is 26.8 Å². The molecule has 0 amide bonds. The van der Waals surface area contributed by atoms with Crippen LogP contribution in [-0.2, 0) is 16.2 Å². The van der Waals surface area contributed by atoms with Crippen molar-refractivity contribution in [2.24, 2.45) is 0 Å².